The maximum absolute atomic E-state index is 5.72. The van der Waals surface area contributed by atoms with Gasteiger partial charge >= 0.3 is 11.5 Å². The summed E-state index contributed by atoms with van der Waals surface area (Å²) in [5.41, 5.74) is 4.86. The van der Waals surface area contributed by atoms with Crippen LogP contribution in [0.1, 0.15) is 22.6 Å². The monoisotopic (exact) mass is 243 g/mol. The SMILES string of the molecule is COc1ccc(-c2c(C)c(C)[o+]c(C)c2C)cc1. The highest BCUT2D eigenvalue weighted by Gasteiger charge is 2.20. The molecule has 0 saturated heterocycles. The van der Waals surface area contributed by atoms with E-state index in [0.717, 1.165) is 17.3 Å². The highest BCUT2D eigenvalue weighted by atomic mass is 16.5. The second-order valence-electron chi connectivity index (χ2n) is 4.57. The molecule has 0 radical (unpaired) electrons. The zero-order valence-corrected chi connectivity index (χ0v) is 11.6. The van der Waals surface area contributed by atoms with Crippen LogP contribution in [0.4, 0.5) is 0 Å². The quantitative estimate of drug-likeness (QED) is 0.725. The van der Waals surface area contributed by atoms with Crippen LogP contribution in [0.25, 0.3) is 11.1 Å². The van der Waals surface area contributed by atoms with Crippen LogP contribution in [0.5, 0.6) is 5.75 Å². The molecule has 1 aromatic heterocycles. The van der Waals surface area contributed by atoms with Crippen molar-refractivity contribution >= 4 is 0 Å². The molecule has 2 aromatic rings. The van der Waals surface area contributed by atoms with E-state index in [1.165, 1.54) is 22.3 Å². The number of hydrogen-bond donors (Lipinski definition) is 0. The van der Waals surface area contributed by atoms with E-state index in [9.17, 15) is 0 Å². The van der Waals surface area contributed by atoms with E-state index in [4.69, 9.17) is 9.15 Å². The molecule has 0 atom stereocenters. The van der Waals surface area contributed by atoms with Crippen molar-refractivity contribution in [2.75, 3.05) is 7.11 Å². The maximum atomic E-state index is 5.72. The number of methoxy groups -OCH3 is 1. The van der Waals surface area contributed by atoms with Gasteiger partial charge in [0.1, 0.15) is 5.75 Å². The van der Waals surface area contributed by atoms with Crippen LogP contribution in [0.3, 0.4) is 0 Å². The molecule has 0 aliphatic rings. The van der Waals surface area contributed by atoms with Crippen molar-refractivity contribution in [3.05, 3.63) is 46.9 Å². The fourth-order valence-electron chi connectivity index (χ4n) is 2.21. The Hall–Kier alpha value is -1.83. The molecule has 0 amide bonds. The van der Waals surface area contributed by atoms with Gasteiger partial charge < -0.3 is 4.74 Å². The predicted octanol–water partition coefficient (Wildman–Crippen LogP) is 4.47. The van der Waals surface area contributed by atoms with Crippen LogP contribution in [-0.4, -0.2) is 7.11 Å². The fourth-order valence-corrected chi connectivity index (χ4v) is 2.21. The van der Waals surface area contributed by atoms with Gasteiger partial charge in [-0.05, 0) is 31.5 Å². The Morgan fingerprint density at radius 2 is 1.33 bits per heavy atom. The minimum absolute atomic E-state index is 0.878. The third-order valence-electron chi connectivity index (χ3n) is 3.49. The molecule has 2 rings (SSSR count). The van der Waals surface area contributed by atoms with Gasteiger partial charge in [-0.25, -0.2) is 4.42 Å². The molecule has 0 fully saturated rings. The van der Waals surface area contributed by atoms with Gasteiger partial charge in [-0.3, -0.25) is 0 Å². The molecule has 0 aliphatic heterocycles. The number of benzene rings is 1. The largest absolute Gasteiger partial charge is 0.497 e. The summed E-state index contributed by atoms with van der Waals surface area (Å²) in [5.74, 6) is 2.83. The maximum Gasteiger partial charge on any atom is 0.329 e. The Balaban J connectivity index is 2.62. The smallest absolute Gasteiger partial charge is 0.329 e. The summed E-state index contributed by atoms with van der Waals surface area (Å²) in [6, 6.07) is 8.16. The Morgan fingerprint density at radius 3 is 1.78 bits per heavy atom. The van der Waals surface area contributed by atoms with Crippen LogP contribution in [0.2, 0.25) is 0 Å². The average Bonchev–Trinajstić information content (AvgIpc) is 2.37. The first-order chi connectivity index (χ1) is 8.54. The standard InChI is InChI=1S/C16H19O2/c1-10-12(3)18-13(4)11(2)16(10)14-6-8-15(17-5)9-7-14/h6-9H,1-5H3/q+1. The Kier molecular flexibility index (Phi) is 3.37. The van der Waals surface area contributed by atoms with Crippen LogP contribution in [0, 0.1) is 27.7 Å². The first-order valence-corrected chi connectivity index (χ1v) is 6.09. The van der Waals surface area contributed by atoms with Crippen LogP contribution in [0.15, 0.2) is 28.7 Å². The molecule has 1 heterocycles. The molecule has 2 heteroatoms. The van der Waals surface area contributed by atoms with Crippen LogP contribution in [-0.2, 0) is 0 Å². The summed E-state index contributed by atoms with van der Waals surface area (Å²) < 4.78 is 10.9. The van der Waals surface area contributed by atoms with E-state index in [2.05, 4.69) is 26.0 Å². The highest BCUT2D eigenvalue weighted by molar-refractivity contribution is 5.72. The molecule has 94 valence electrons. The molecule has 0 spiro atoms. The van der Waals surface area contributed by atoms with E-state index < -0.39 is 0 Å². The van der Waals surface area contributed by atoms with Gasteiger partial charge in [0.05, 0.1) is 32.1 Å². The normalized spacial score (nSPS) is 10.5. The third kappa shape index (κ3) is 2.10. The Bertz CT molecular complexity index is 542. The lowest BCUT2D eigenvalue weighted by atomic mass is 9.95. The molecule has 0 bridgehead atoms. The van der Waals surface area contributed by atoms with E-state index in [0.29, 0.717) is 0 Å². The summed E-state index contributed by atoms with van der Waals surface area (Å²) in [4.78, 5) is 0. The van der Waals surface area contributed by atoms with Crippen molar-refractivity contribution in [1.29, 1.82) is 0 Å². The molecule has 0 saturated carbocycles. The lowest BCUT2D eigenvalue weighted by Crippen LogP contribution is -1.95. The molecule has 18 heavy (non-hydrogen) atoms. The van der Waals surface area contributed by atoms with Crippen molar-refractivity contribution in [3.63, 3.8) is 0 Å². The van der Waals surface area contributed by atoms with E-state index in [1.54, 1.807) is 7.11 Å². The zero-order valence-electron chi connectivity index (χ0n) is 11.6. The number of ether oxygens (including phenoxy) is 1. The molecule has 1 aromatic carbocycles. The number of hydrogen-bond acceptors (Lipinski definition) is 1. The molecule has 2 nitrogen and oxygen atoms in total. The topological polar surface area (TPSA) is 20.5 Å². The highest BCUT2D eigenvalue weighted by Crippen LogP contribution is 2.32. The van der Waals surface area contributed by atoms with Crippen LogP contribution >= 0.6 is 0 Å². The van der Waals surface area contributed by atoms with Crippen LogP contribution < -0.4 is 4.74 Å². The van der Waals surface area contributed by atoms with Gasteiger partial charge in [0.2, 0.25) is 0 Å². The van der Waals surface area contributed by atoms with Crippen molar-refractivity contribution in [1.82, 2.24) is 0 Å². The van der Waals surface area contributed by atoms with Gasteiger partial charge in [-0.2, -0.15) is 0 Å². The van der Waals surface area contributed by atoms with E-state index in [-0.39, 0.29) is 0 Å². The first-order valence-electron chi connectivity index (χ1n) is 6.09. The van der Waals surface area contributed by atoms with Gasteiger partial charge in [0.25, 0.3) is 0 Å². The lowest BCUT2D eigenvalue weighted by molar-refractivity contribution is 0.415. The lowest BCUT2D eigenvalue weighted by Gasteiger charge is -2.08. The number of aryl methyl sites for hydroxylation is 2. The minimum atomic E-state index is 0.878. The summed E-state index contributed by atoms with van der Waals surface area (Å²) in [6.45, 7) is 8.22. The van der Waals surface area contributed by atoms with Crippen molar-refractivity contribution < 1.29 is 9.15 Å². The molecule has 0 unspecified atom stereocenters. The average molecular weight is 243 g/mol. The summed E-state index contributed by atoms with van der Waals surface area (Å²) >= 11 is 0. The van der Waals surface area contributed by atoms with Crippen molar-refractivity contribution in [2.24, 2.45) is 0 Å². The first kappa shape index (κ1) is 12.6. The zero-order chi connectivity index (χ0) is 13.3. The van der Waals surface area contributed by atoms with E-state index in [1.807, 2.05) is 26.0 Å². The van der Waals surface area contributed by atoms with Gasteiger partial charge in [-0.1, -0.05) is 12.1 Å². The van der Waals surface area contributed by atoms with Crippen molar-refractivity contribution in [3.8, 4) is 16.9 Å². The van der Waals surface area contributed by atoms with Gasteiger partial charge in [0, 0.05) is 5.56 Å². The van der Waals surface area contributed by atoms with Gasteiger partial charge in [0.15, 0.2) is 0 Å². The fraction of sp³-hybridized carbons (Fsp3) is 0.312. The minimum Gasteiger partial charge on any atom is -0.497 e. The molecule has 0 N–H and O–H groups in total. The Labute approximate surface area is 108 Å². The molecular formula is C16H19O2+. The predicted molar refractivity (Wildman–Crippen MR) is 74.1 cm³/mol. The van der Waals surface area contributed by atoms with Gasteiger partial charge in [-0.15, -0.1) is 0 Å². The molecule has 0 aliphatic carbocycles. The second-order valence-corrected chi connectivity index (χ2v) is 4.57. The summed E-state index contributed by atoms with van der Waals surface area (Å²) in [6.07, 6.45) is 0. The number of rotatable bonds is 2. The molecular weight excluding hydrogens is 224 g/mol. The summed E-state index contributed by atoms with van der Waals surface area (Å²) in [7, 11) is 1.68. The second kappa shape index (κ2) is 4.81. The van der Waals surface area contributed by atoms with E-state index >= 15 is 0 Å². The summed E-state index contributed by atoms with van der Waals surface area (Å²) in [5, 5.41) is 0. The van der Waals surface area contributed by atoms with Crippen molar-refractivity contribution in [2.45, 2.75) is 27.7 Å². The Morgan fingerprint density at radius 1 is 0.833 bits per heavy atom. The third-order valence-corrected chi connectivity index (χ3v) is 3.49.